The highest BCUT2D eigenvalue weighted by molar-refractivity contribution is 5.70. The van der Waals surface area contributed by atoms with Gasteiger partial charge in [0.15, 0.2) is 0 Å². The number of halogens is 1. The van der Waals surface area contributed by atoms with Crippen LogP contribution in [0.4, 0.5) is 4.39 Å². The van der Waals surface area contributed by atoms with Crippen molar-refractivity contribution in [3.8, 4) is 5.75 Å². The molecule has 0 saturated carbocycles. The summed E-state index contributed by atoms with van der Waals surface area (Å²) < 4.78 is 19.7. The SMILES string of the molecule is C=C1C=CC=C(c2ccc(OCCC)cc2F)N1CC. The molecular weight excluding hydrogens is 253 g/mol. The normalized spacial score (nSPS) is 14.4. The first-order valence-electron chi connectivity index (χ1n) is 6.95. The van der Waals surface area contributed by atoms with Crippen LogP contribution in [0.2, 0.25) is 0 Å². The number of ether oxygens (including phenoxy) is 1. The largest absolute Gasteiger partial charge is 0.494 e. The smallest absolute Gasteiger partial charge is 0.136 e. The van der Waals surface area contributed by atoms with Crippen molar-refractivity contribution in [3.63, 3.8) is 0 Å². The first kappa shape index (κ1) is 14.4. The molecule has 1 heterocycles. The predicted molar refractivity (Wildman–Crippen MR) is 80.8 cm³/mol. The minimum atomic E-state index is -0.272. The van der Waals surface area contributed by atoms with Gasteiger partial charge in [-0.15, -0.1) is 0 Å². The lowest BCUT2D eigenvalue weighted by atomic mass is 10.1. The third kappa shape index (κ3) is 2.93. The average molecular weight is 273 g/mol. The number of rotatable bonds is 5. The lowest BCUT2D eigenvalue weighted by Crippen LogP contribution is -2.21. The highest BCUT2D eigenvalue weighted by Crippen LogP contribution is 2.30. The summed E-state index contributed by atoms with van der Waals surface area (Å²) >= 11 is 0. The van der Waals surface area contributed by atoms with Crippen molar-refractivity contribution in [2.45, 2.75) is 20.3 Å². The third-order valence-corrected chi connectivity index (χ3v) is 3.19. The fourth-order valence-electron chi connectivity index (χ4n) is 2.21. The molecule has 0 bridgehead atoms. The summed E-state index contributed by atoms with van der Waals surface area (Å²) in [6.45, 7) is 9.38. The van der Waals surface area contributed by atoms with E-state index in [0.717, 1.165) is 24.4 Å². The van der Waals surface area contributed by atoms with Gasteiger partial charge in [-0.3, -0.25) is 0 Å². The molecule has 0 atom stereocenters. The van der Waals surface area contributed by atoms with Gasteiger partial charge >= 0.3 is 0 Å². The van der Waals surface area contributed by atoms with Gasteiger partial charge in [-0.25, -0.2) is 4.39 Å². The van der Waals surface area contributed by atoms with Crippen LogP contribution < -0.4 is 4.74 Å². The van der Waals surface area contributed by atoms with Crippen LogP contribution in [0.25, 0.3) is 5.70 Å². The fraction of sp³-hybridized carbons (Fsp3) is 0.294. The zero-order valence-corrected chi connectivity index (χ0v) is 12.0. The van der Waals surface area contributed by atoms with Gasteiger partial charge in [-0.1, -0.05) is 19.6 Å². The Kier molecular flexibility index (Phi) is 4.61. The summed E-state index contributed by atoms with van der Waals surface area (Å²) in [7, 11) is 0. The van der Waals surface area contributed by atoms with Gasteiger partial charge in [-0.2, -0.15) is 0 Å². The van der Waals surface area contributed by atoms with E-state index in [1.54, 1.807) is 6.07 Å². The van der Waals surface area contributed by atoms with Crippen molar-refractivity contribution in [1.82, 2.24) is 4.90 Å². The molecule has 0 N–H and O–H groups in total. The minimum absolute atomic E-state index is 0.272. The number of allylic oxidation sites excluding steroid dienone is 3. The second-order valence-corrected chi connectivity index (χ2v) is 4.64. The third-order valence-electron chi connectivity index (χ3n) is 3.19. The summed E-state index contributed by atoms with van der Waals surface area (Å²) in [4.78, 5) is 1.99. The van der Waals surface area contributed by atoms with Crippen LogP contribution >= 0.6 is 0 Å². The molecule has 20 heavy (non-hydrogen) atoms. The standard InChI is InChI=1S/C17H20FNO/c1-4-11-20-14-9-10-15(16(18)12-14)17-8-6-7-13(3)19(17)5-2/h6-10,12H,3-5,11H2,1-2H3. The molecule has 0 radical (unpaired) electrons. The van der Waals surface area contributed by atoms with E-state index in [1.165, 1.54) is 6.07 Å². The Labute approximate surface area is 119 Å². The molecule has 2 nitrogen and oxygen atoms in total. The molecule has 1 aliphatic rings. The molecule has 0 amide bonds. The summed E-state index contributed by atoms with van der Waals surface area (Å²) in [5, 5.41) is 0. The van der Waals surface area contributed by atoms with Crippen molar-refractivity contribution in [3.05, 3.63) is 60.1 Å². The van der Waals surface area contributed by atoms with E-state index in [-0.39, 0.29) is 5.82 Å². The van der Waals surface area contributed by atoms with Gasteiger partial charge in [-0.05, 0) is 37.6 Å². The quantitative estimate of drug-likeness (QED) is 0.790. The van der Waals surface area contributed by atoms with Crippen LogP contribution in [0.15, 0.2) is 48.7 Å². The van der Waals surface area contributed by atoms with Crippen LogP contribution in [0.5, 0.6) is 5.75 Å². The molecule has 106 valence electrons. The average Bonchev–Trinajstić information content (AvgIpc) is 2.45. The molecule has 3 heteroatoms. The Hall–Kier alpha value is -2.03. The highest BCUT2D eigenvalue weighted by Gasteiger charge is 2.17. The number of nitrogens with zero attached hydrogens (tertiary/aromatic N) is 1. The molecular formula is C17H20FNO. The predicted octanol–water partition coefficient (Wildman–Crippen LogP) is 4.36. The lowest BCUT2D eigenvalue weighted by Gasteiger charge is -2.29. The Morgan fingerprint density at radius 1 is 1.30 bits per heavy atom. The fourth-order valence-corrected chi connectivity index (χ4v) is 2.21. The van der Waals surface area contributed by atoms with Crippen molar-refractivity contribution < 1.29 is 9.13 Å². The van der Waals surface area contributed by atoms with Gasteiger partial charge in [0.2, 0.25) is 0 Å². The van der Waals surface area contributed by atoms with Crippen molar-refractivity contribution in [2.24, 2.45) is 0 Å². The maximum atomic E-state index is 14.3. The van der Waals surface area contributed by atoms with E-state index >= 15 is 0 Å². The minimum Gasteiger partial charge on any atom is -0.494 e. The maximum Gasteiger partial charge on any atom is 0.136 e. The van der Waals surface area contributed by atoms with E-state index in [2.05, 4.69) is 6.58 Å². The number of benzene rings is 1. The second-order valence-electron chi connectivity index (χ2n) is 4.64. The zero-order chi connectivity index (χ0) is 14.5. The van der Waals surface area contributed by atoms with E-state index in [9.17, 15) is 4.39 Å². The van der Waals surface area contributed by atoms with Crippen molar-refractivity contribution in [1.29, 1.82) is 0 Å². The highest BCUT2D eigenvalue weighted by atomic mass is 19.1. The maximum absolute atomic E-state index is 14.3. The summed E-state index contributed by atoms with van der Waals surface area (Å²) in [6.07, 6.45) is 6.63. The van der Waals surface area contributed by atoms with Crippen LogP contribution in [-0.4, -0.2) is 18.1 Å². The molecule has 0 unspecified atom stereocenters. The Balaban J connectivity index is 2.30. The summed E-state index contributed by atoms with van der Waals surface area (Å²) in [6, 6.07) is 5.02. The molecule has 0 aromatic heterocycles. The second kappa shape index (κ2) is 6.42. The molecule has 0 spiro atoms. The molecule has 2 rings (SSSR count). The van der Waals surface area contributed by atoms with Gasteiger partial charge in [0, 0.05) is 23.9 Å². The lowest BCUT2D eigenvalue weighted by molar-refractivity contribution is 0.315. The molecule has 1 aromatic rings. The molecule has 1 aliphatic heterocycles. The van der Waals surface area contributed by atoms with E-state index in [1.807, 2.05) is 43.0 Å². The summed E-state index contributed by atoms with van der Waals surface area (Å²) in [5.41, 5.74) is 2.27. The molecule has 0 saturated heterocycles. The first-order valence-corrected chi connectivity index (χ1v) is 6.95. The summed E-state index contributed by atoms with van der Waals surface area (Å²) in [5.74, 6) is 0.299. The van der Waals surface area contributed by atoms with E-state index < -0.39 is 0 Å². The van der Waals surface area contributed by atoms with Gasteiger partial charge in [0.05, 0.1) is 12.3 Å². The topological polar surface area (TPSA) is 12.5 Å². The molecule has 0 fully saturated rings. The van der Waals surface area contributed by atoms with Crippen LogP contribution in [0.3, 0.4) is 0 Å². The number of hydrogen-bond acceptors (Lipinski definition) is 2. The number of hydrogen-bond donors (Lipinski definition) is 0. The van der Waals surface area contributed by atoms with E-state index in [0.29, 0.717) is 17.9 Å². The molecule has 1 aromatic carbocycles. The van der Waals surface area contributed by atoms with Crippen LogP contribution in [-0.2, 0) is 0 Å². The van der Waals surface area contributed by atoms with Crippen molar-refractivity contribution >= 4 is 5.70 Å². The zero-order valence-electron chi connectivity index (χ0n) is 12.0. The van der Waals surface area contributed by atoms with E-state index in [4.69, 9.17) is 4.74 Å². The van der Waals surface area contributed by atoms with Gasteiger partial charge < -0.3 is 9.64 Å². The molecule has 0 aliphatic carbocycles. The van der Waals surface area contributed by atoms with Gasteiger partial charge in [0.1, 0.15) is 11.6 Å². The Morgan fingerprint density at radius 3 is 2.75 bits per heavy atom. The number of likely N-dealkylation sites (N-methyl/N-ethyl adjacent to an activating group) is 1. The Morgan fingerprint density at radius 2 is 2.10 bits per heavy atom. The first-order chi connectivity index (χ1) is 9.67. The monoisotopic (exact) mass is 273 g/mol. The van der Waals surface area contributed by atoms with Crippen LogP contribution in [0.1, 0.15) is 25.8 Å². The van der Waals surface area contributed by atoms with Gasteiger partial charge in [0.25, 0.3) is 0 Å². The Bertz CT molecular complexity index is 560. The van der Waals surface area contributed by atoms with Crippen molar-refractivity contribution in [2.75, 3.05) is 13.2 Å². The van der Waals surface area contributed by atoms with Crippen LogP contribution in [0, 0.1) is 5.82 Å².